The fourth-order valence-corrected chi connectivity index (χ4v) is 3.39. The van der Waals surface area contributed by atoms with Crippen LogP contribution in [-0.4, -0.2) is 43.1 Å². The summed E-state index contributed by atoms with van der Waals surface area (Å²) in [7, 11) is 2.93. The number of nitrogens with two attached hydrogens (primary N) is 1. The van der Waals surface area contributed by atoms with Crippen LogP contribution in [0.5, 0.6) is 5.75 Å². The highest BCUT2D eigenvalue weighted by Gasteiger charge is 2.52. The standard InChI is InChI=1S/C19H22N2O4/c1-24-14-10-8-13(9-11-14)16-15(20)18(22)21(16)17(19(23)25-2)12-6-4-3-5-7-12/h3-4,7-11,15-17H,5-6,20H2,1-2H3/t15-,16-,17+/m0/s1. The van der Waals surface area contributed by atoms with Crippen LogP contribution in [0.2, 0.25) is 0 Å². The molecule has 25 heavy (non-hydrogen) atoms. The average molecular weight is 342 g/mol. The first kappa shape index (κ1) is 17.2. The Kier molecular flexibility index (Phi) is 4.90. The van der Waals surface area contributed by atoms with Gasteiger partial charge in [0.2, 0.25) is 5.91 Å². The number of carbonyl (C=O) groups excluding carboxylic acids is 2. The molecule has 0 spiro atoms. The number of rotatable bonds is 5. The van der Waals surface area contributed by atoms with Gasteiger partial charge in [-0.25, -0.2) is 4.79 Å². The highest BCUT2D eigenvalue weighted by molar-refractivity contribution is 5.95. The lowest BCUT2D eigenvalue weighted by molar-refractivity contribution is -0.164. The number of methoxy groups -OCH3 is 2. The van der Waals surface area contributed by atoms with Crippen LogP contribution in [0.4, 0.5) is 0 Å². The van der Waals surface area contributed by atoms with E-state index in [2.05, 4.69) is 0 Å². The van der Waals surface area contributed by atoms with Crippen LogP contribution in [0.3, 0.4) is 0 Å². The molecule has 1 aliphatic heterocycles. The molecule has 3 atom stereocenters. The molecule has 0 radical (unpaired) electrons. The van der Waals surface area contributed by atoms with Crippen molar-refractivity contribution in [3.05, 3.63) is 53.6 Å². The molecule has 0 unspecified atom stereocenters. The molecule has 2 aliphatic rings. The van der Waals surface area contributed by atoms with Crippen LogP contribution in [0, 0.1) is 0 Å². The van der Waals surface area contributed by atoms with Gasteiger partial charge in [-0.05, 0) is 36.1 Å². The van der Waals surface area contributed by atoms with E-state index in [0.717, 1.165) is 23.3 Å². The Morgan fingerprint density at radius 1 is 1.24 bits per heavy atom. The van der Waals surface area contributed by atoms with Crippen molar-refractivity contribution in [3.8, 4) is 5.75 Å². The SMILES string of the molecule is COC(=O)[C@@H](C1=CCC=CC1)N1C(=O)[C@@H](N)[C@@H]1c1ccc(OC)cc1. The second kappa shape index (κ2) is 7.11. The van der Waals surface area contributed by atoms with Crippen molar-refractivity contribution in [2.75, 3.05) is 14.2 Å². The summed E-state index contributed by atoms with van der Waals surface area (Å²) in [5.41, 5.74) is 7.80. The molecule has 0 aromatic heterocycles. The molecule has 1 aliphatic carbocycles. The van der Waals surface area contributed by atoms with Crippen LogP contribution in [-0.2, 0) is 14.3 Å². The molecule has 132 valence electrons. The van der Waals surface area contributed by atoms with Gasteiger partial charge in [-0.1, -0.05) is 30.4 Å². The Labute approximate surface area is 146 Å². The Hall–Kier alpha value is -2.60. The summed E-state index contributed by atoms with van der Waals surface area (Å²) >= 11 is 0. The molecule has 6 heteroatoms. The summed E-state index contributed by atoms with van der Waals surface area (Å²) in [6.07, 6.45) is 7.36. The molecule has 1 aromatic carbocycles. The zero-order valence-electron chi connectivity index (χ0n) is 14.3. The third-order valence-electron chi connectivity index (χ3n) is 4.73. The van der Waals surface area contributed by atoms with E-state index < -0.39 is 18.1 Å². The van der Waals surface area contributed by atoms with Gasteiger partial charge in [0.05, 0.1) is 20.3 Å². The van der Waals surface area contributed by atoms with E-state index >= 15 is 0 Å². The smallest absolute Gasteiger partial charge is 0.332 e. The quantitative estimate of drug-likeness (QED) is 0.501. The van der Waals surface area contributed by atoms with Crippen LogP contribution in [0.1, 0.15) is 24.4 Å². The summed E-state index contributed by atoms with van der Waals surface area (Å²) in [6.45, 7) is 0. The van der Waals surface area contributed by atoms with E-state index in [1.165, 1.54) is 7.11 Å². The van der Waals surface area contributed by atoms with Crippen LogP contribution < -0.4 is 10.5 Å². The first-order valence-electron chi connectivity index (χ1n) is 8.22. The van der Waals surface area contributed by atoms with E-state index in [1.807, 2.05) is 42.5 Å². The number of hydrogen-bond acceptors (Lipinski definition) is 5. The number of allylic oxidation sites excluding steroid dienone is 3. The first-order valence-corrected chi connectivity index (χ1v) is 8.22. The van der Waals surface area contributed by atoms with Crippen molar-refractivity contribution >= 4 is 11.9 Å². The molecule has 0 bridgehead atoms. The van der Waals surface area contributed by atoms with Gasteiger partial charge in [0, 0.05) is 0 Å². The van der Waals surface area contributed by atoms with E-state index in [4.69, 9.17) is 15.2 Å². The summed E-state index contributed by atoms with van der Waals surface area (Å²) in [5, 5.41) is 0. The zero-order chi connectivity index (χ0) is 18.0. The fourth-order valence-electron chi connectivity index (χ4n) is 3.39. The molecule has 0 saturated carbocycles. The number of benzene rings is 1. The third-order valence-corrected chi connectivity index (χ3v) is 4.73. The predicted octanol–water partition coefficient (Wildman–Crippen LogP) is 1.72. The summed E-state index contributed by atoms with van der Waals surface area (Å²) in [4.78, 5) is 26.5. The lowest BCUT2D eigenvalue weighted by Gasteiger charge is -2.49. The van der Waals surface area contributed by atoms with Crippen LogP contribution in [0.25, 0.3) is 0 Å². The second-order valence-corrected chi connectivity index (χ2v) is 6.11. The van der Waals surface area contributed by atoms with Crippen molar-refractivity contribution in [1.82, 2.24) is 4.90 Å². The Morgan fingerprint density at radius 2 is 1.96 bits per heavy atom. The number of amides is 1. The molecular formula is C19H22N2O4. The molecule has 1 heterocycles. The normalized spacial score (nSPS) is 23.6. The molecule has 1 fully saturated rings. The van der Waals surface area contributed by atoms with Crippen molar-refractivity contribution in [2.45, 2.75) is 31.0 Å². The Morgan fingerprint density at radius 3 is 2.52 bits per heavy atom. The van der Waals surface area contributed by atoms with Gasteiger partial charge < -0.3 is 20.1 Å². The minimum Gasteiger partial charge on any atom is -0.497 e. The zero-order valence-corrected chi connectivity index (χ0v) is 14.3. The highest BCUT2D eigenvalue weighted by atomic mass is 16.5. The minimum absolute atomic E-state index is 0.244. The van der Waals surface area contributed by atoms with Crippen molar-refractivity contribution in [1.29, 1.82) is 0 Å². The van der Waals surface area contributed by atoms with E-state index in [9.17, 15) is 9.59 Å². The Balaban J connectivity index is 1.93. The van der Waals surface area contributed by atoms with Gasteiger partial charge in [0.15, 0.2) is 6.04 Å². The number of carbonyl (C=O) groups is 2. The van der Waals surface area contributed by atoms with Crippen molar-refractivity contribution < 1.29 is 19.1 Å². The van der Waals surface area contributed by atoms with E-state index in [0.29, 0.717) is 6.42 Å². The van der Waals surface area contributed by atoms with Crippen molar-refractivity contribution in [2.24, 2.45) is 5.73 Å². The number of likely N-dealkylation sites (tertiary alicyclic amines) is 1. The topological polar surface area (TPSA) is 81.9 Å². The van der Waals surface area contributed by atoms with Gasteiger partial charge in [-0.3, -0.25) is 4.79 Å². The molecule has 3 rings (SSSR count). The van der Waals surface area contributed by atoms with E-state index in [1.54, 1.807) is 12.0 Å². The number of β-lactam (4-membered cyclic amide) rings is 1. The third kappa shape index (κ3) is 3.05. The lowest BCUT2D eigenvalue weighted by atomic mass is 9.84. The maximum atomic E-state index is 12.5. The van der Waals surface area contributed by atoms with Gasteiger partial charge in [0.1, 0.15) is 11.8 Å². The second-order valence-electron chi connectivity index (χ2n) is 6.11. The van der Waals surface area contributed by atoms with Gasteiger partial charge in [0.25, 0.3) is 0 Å². The monoisotopic (exact) mass is 342 g/mol. The number of nitrogens with zero attached hydrogens (tertiary/aromatic N) is 1. The van der Waals surface area contributed by atoms with Crippen LogP contribution in [0.15, 0.2) is 48.1 Å². The number of ether oxygens (including phenoxy) is 2. The van der Waals surface area contributed by atoms with E-state index in [-0.39, 0.29) is 11.9 Å². The summed E-state index contributed by atoms with van der Waals surface area (Å²) < 4.78 is 10.1. The minimum atomic E-state index is -0.741. The van der Waals surface area contributed by atoms with Gasteiger partial charge in [-0.15, -0.1) is 0 Å². The predicted molar refractivity (Wildman–Crippen MR) is 92.8 cm³/mol. The highest BCUT2D eigenvalue weighted by Crippen LogP contribution is 2.39. The fraction of sp³-hybridized carbons (Fsp3) is 0.368. The van der Waals surface area contributed by atoms with Gasteiger partial charge in [-0.2, -0.15) is 0 Å². The Bertz CT molecular complexity index is 723. The lowest BCUT2D eigenvalue weighted by Crippen LogP contribution is -2.67. The maximum Gasteiger partial charge on any atom is 0.332 e. The number of esters is 1. The maximum absolute atomic E-state index is 12.5. The molecule has 2 N–H and O–H groups in total. The molecular weight excluding hydrogens is 320 g/mol. The van der Waals surface area contributed by atoms with Crippen molar-refractivity contribution in [3.63, 3.8) is 0 Å². The van der Waals surface area contributed by atoms with Gasteiger partial charge >= 0.3 is 5.97 Å². The molecule has 6 nitrogen and oxygen atoms in total. The van der Waals surface area contributed by atoms with Crippen LogP contribution >= 0.6 is 0 Å². The number of hydrogen-bond donors (Lipinski definition) is 1. The summed E-state index contributed by atoms with van der Waals surface area (Å²) in [6, 6.07) is 5.60. The first-order chi connectivity index (χ1) is 12.1. The molecule has 1 aromatic rings. The summed E-state index contributed by atoms with van der Waals surface area (Å²) in [5.74, 6) is 0.0335. The molecule has 1 saturated heterocycles. The molecule has 1 amide bonds. The largest absolute Gasteiger partial charge is 0.497 e. The average Bonchev–Trinajstić information content (AvgIpc) is 2.68.